The number of hydrogen-bond donors (Lipinski definition) is 0. The van der Waals surface area contributed by atoms with Crippen molar-refractivity contribution >= 4 is 21.7 Å². The second kappa shape index (κ2) is 7.39. The van der Waals surface area contributed by atoms with Gasteiger partial charge < -0.3 is 9.26 Å². The molecule has 1 fully saturated rings. The fraction of sp³-hybridized carbons (Fsp3) is 0.222. The summed E-state index contributed by atoms with van der Waals surface area (Å²) in [4.78, 5) is 20.5. The molecular weight excluding hydrogens is 384 g/mol. The summed E-state index contributed by atoms with van der Waals surface area (Å²) in [5.41, 5.74) is 1.37. The van der Waals surface area contributed by atoms with Crippen molar-refractivity contribution in [3.05, 3.63) is 60.2 Å². The lowest BCUT2D eigenvalue weighted by Crippen LogP contribution is -2.25. The molecular formula is C18H16N4O5S. The van der Waals surface area contributed by atoms with Gasteiger partial charge in [-0.25, -0.2) is 13.2 Å². The molecule has 9 nitrogen and oxygen atoms in total. The van der Waals surface area contributed by atoms with Crippen molar-refractivity contribution < 1.29 is 22.5 Å². The summed E-state index contributed by atoms with van der Waals surface area (Å²) in [6.07, 6.45) is 3.79. The average Bonchev–Trinajstić information content (AvgIpc) is 3.33. The smallest absolute Gasteiger partial charge is 0.338 e. The van der Waals surface area contributed by atoms with E-state index in [1.807, 2.05) is 0 Å². The summed E-state index contributed by atoms with van der Waals surface area (Å²) in [7, 11) is -3.32. The van der Waals surface area contributed by atoms with Gasteiger partial charge in [-0.1, -0.05) is 11.2 Å². The second-order valence-corrected chi connectivity index (χ2v) is 8.13. The highest BCUT2D eigenvalue weighted by atomic mass is 32.2. The van der Waals surface area contributed by atoms with Crippen LogP contribution in [0.3, 0.4) is 0 Å². The van der Waals surface area contributed by atoms with Gasteiger partial charge in [0, 0.05) is 24.5 Å². The molecule has 0 aliphatic carbocycles. The quantitative estimate of drug-likeness (QED) is 0.598. The molecule has 0 radical (unpaired) electrons. The van der Waals surface area contributed by atoms with Gasteiger partial charge in [-0.2, -0.15) is 4.98 Å². The van der Waals surface area contributed by atoms with E-state index >= 15 is 0 Å². The number of benzene rings is 1. The van der Waals surface area contributed by atoms with E-state index in [1.165, 1.54) is 10.4 Å². The number of hydrogen-bond acceptors (Lipinski definition) is 8. The number of carbonyl (C=O) groups is 1. The highest BCUT2D eigenvalue weighted by Gasteiger charge is 2.28. The van der Waals surface area contributed by atoms with Crippen molar-refractivity contribution in [3.63, 3.8) is 0 Å². The minimum Gasteiger partial charge on any atom is -0.452 e. The zero-order valence-corrected chi connectivity index (χ0v) is 15.5. The van der Waals surface area contributed by atoms with Crippen LogP contribution in [-0.4, -0.2) is 41.8 Å². The van der Waals surface area contributed by atoms with Crippen LogP contribution in [0.4, 0.5) is 5.69 Å². The van der Waals surface area contributed by atoms with E-state index in [2.05, 4.69) is 15.1 Å². The Labute approximate surface area is 161 Å². The highest BCUT2D eigenvalue weighted by Crippen LogP contribution is 2.25. The molecule has 3 heterocycles. The molecule has 1 aliphatic rings. The van der Waals surface area contributed by atoms with Crippen LogP contribution in [0, 0.1) is 0 Å². The third-order valence-corrected chi connectivity index (χ3v) is 6.05. The van der Waals surface area contributed by atoms with Crippen LogP contribution in [0.2, 0.25) is 0 Å². The zero-order valence-electron chi connectivity index (χ0n) is 14.7. The van der Waals surface area contributed by atoms with Crippen molar-refractivity contribution in [1.82, 2.24) is 15.1 Å². The van der Waals surface area contributed by atoms with Crippen LogP contribution >= 0.6 is 0 Å². The molecule has 28 heavy (non-hydrogen) atoms. The van der Waals surface area contributed by atoms with Gasteiger partial charge in [0.15, 0.2) is 6.61 Å². The molecule has 3 aromatic rings. The minimum absolute atomic E-state index is 0.109. The van der Waals surface area contributed by atoms with Crippen LogP contribution in [0.5, 0.6) is 0 Å². The van der Waals surface area contributed by atoms with E-state index in [0.29, 0.717) is 30.0 Å². The summed E-state index contributed by atoms with van der Waals surface area (Å²) in [6, 6.07) is 9.86. The number of anilines is 1. The molecule has 0 atom stereocenters. The summed E-state index contributed by atoms with van der Waals surface area (Å²) < 4.78 is 35.7. The number of aromatic nitrogens is 3. The largest absolute Gasteiger partial charge is 0.452 e. The van der Waals surface area contributed by atoms with Gasteiger partial charge in [-0.3, -0.25) is 9.29 Å². The fourth-order valence-corrected chi connectivity index (χ4v) is 4.41. The maximum atomic E-state index is 12.3. The van der Waals surface area contributed by atoms with E-state index in [4.69, 9.17) is 9.26 Å². The van der Waals surface area contributed by atoms with E-state index in [9.17, 15) is 13.2 Å². The predicted octanol–water partition coefficient (Wildman–Crippen LogP) is 2.03. The maximum absolute atomic E-state index is 12.3. The Morgan fingerprint density at radius 3 is 2.89 bits per heavy atom. The zero-order chi connectivity index (χ0) is 19.6. The first-order valence-corrected chi connectivity index (χ1v) is 10.1. The second-order valence-electron chi connectivity index (χ2n) is 6.12. The molecule has 1 saturated heterocycles. The molecule has 0 bridgehead atoms. The number of esters is 1. The van der Waals surface area contributed by atoms with Crippen LogP contribution in [0.15, 0.2) is 53.3 Å². The molecule has 144 valence electrons. The lowest BCUT2D eigenvalue weighted by molar-refractivity contribution is 0.0430. The van der Waals surface area contributed by atoms with E-state index < -0.39 is 16.0 Å². The normalized spacial score (nSPS) is 15.5. The van der Waals surface area contributed by atoms with Gasteiger partial charge >= 0.3 is 5.97 Å². The third kappa shape index (κ3) is 3.72. The molecule has 1 aliphatic heterocycles. The van der Waals surface area contributed by atoms with Crippen molar-refractivity contribution in [1.29, 1.82) is 0 Å². The number of rotatable bonds is 5. The molecule has 0 N–H and O–H groups in total. The Balaban J connectivity index is 1.43. The maximum Gasteiger partial charge on any atom is 0.338 e. The molecule has 0 spiro atoms. The predicted molar refractivity (Wildman–Crippen MR) is 98.8 cm³/mol. The number of ether oxygens (including phenoxy) is 1. The first-order valence-electron chi connectivity index (χ1n) is 8.53. The Kier molecular flexibility index (Phi) is 4.78. The molecule has 10 heteroatoms. The standard InChI is InChI=1S/C18H16N4O5S/c23-18(13-4-1-6-15(10-13)22-8-3-9-28(22,24)25)26-12-16-20-17(21-27-16)14-5-2-7-19-11-14/h1-2,4-7,10-11H,3,8-9,12H2. The molecule has 4 rings (SSSR count). The van der Waals surface area contributed by atoms with Gasteiger partial charge in [0.1, 0.15) is 0 Å². The number of sulfonamides is 1. The van der Waals surface area contributed by atoms with Gasteiger partial charge in [-0.15, -0.1) is 0 Å². The fourth-order valence-electron chi connectivity index (χ4n) is 2.85. The van der Waals surface area contributed by atoms with Gasteiger partial charge in [0.2, 0.25) is 15.8 Å². The van der Waals surface area contributed by atoms with Crippen LogP contribution in [0.1, 0.15) is 22.7 Å². The van der Waals surface area contributed by atoms with E-state index in [-0.39, 0.29) is 23.8 Å². The number of carbonyl (C=O) groups excluding carboxylic acids is 1. The van der Waals surface area contributed by atoms with Crippen molar-refractivity contribution in [2.75, 3.05) is 16.6 Å². The molecule has 1 aromatic carbocycles. The lowest BCUT2D eigenvalue weighted by Gasteiger charge is -2.17. The summed E-state index contributed by atoms with van der Waals surface area (Å²) in [5.74, 6) is -0.0107. The SMILES string of the molecule is O=C(OCc1nc(-c2cccnc2)no1)c1cccc(N2CCCS2(=O)=O)c1. The number of nitrogens with zero attached hydrogens (tertiary/aromatic N) is 4. The minimum atomic E-state index is -3.32. The molecule has 0 saturated carbocycles. The highest BCUT2D eigenvalue weighted by molar-refractivity contribution is 7.93. The van der Waals surface area contributed by atoms with Crippen LogP contribution < -0.4 is 4.31 Å². The van der Waals surface area contributed by atoms with E-state index in [0.717, 1.165) is 0 Å². The Morgan fingerprint density at radius 1 is 1.25 bits per heavy atom. The van der Waals surface area contributed by atoms with Crippen molar-refractivity contribution in [2.24, 2.45) is 0 Å². The van der Waals surface area contributed by atoms with Crippen molar-refractivity contribution in [3.8, 4) is 11.4 Å². The Bertz CT molecular complexity index is 1100. The third-order valence-electron chi connectivity index (χ3n) is 4.18. The van der Waals surface area contributed by atoms with Crippen molar-refractivity contribution in [2.45, 2.75) is 13.0 Å². The van der Waals surface area contributed by atoms with Crippen LogP contribution in [-0.2, 0) is 21.4 Å². The summed E-state index contributed by atoms with van der Waals surface area (Å²) >= 11 is 0. The topological polar surface area (TPSA) is 115 Å². The molecule has 2 aromatic heterocycles. The monoisotopic (exact) mass is 400 g/mol. The van der Waals surface area contributed by atoms with Gasteiger partial charge in [0.25, 0.3) is 5.89 Å². The Morgan fingerprint density at radius 2 is 2.14 bits per heavy atom. The van der Waals surface area contributed by atoms with Gasteiger partial charge in [-0.05, 0) is 36.8 Å². The molecule has 0 amide bonds. The average molecular weight is 400 g/mol. The number of pyridine rings is 1. The lowest BCUT2D eigenvalue weighted by atomic mass is 10.2. The summed E-state index contributed by atoms with van der Waals surface area (Å²) in [5, 5.41) is 3.83. The Hall–Kier alpha value is -3.27. The van der Waals surface area contributed by atoms with E-state index in [1.54, 1.807) is 42.7 Å². The first kappa shape index (κ1) is 18.1. The van der Waals surface area contributed by atoms with Gasteiger partial charge in [0.05, 0.1) is 17.0 Å². The molecule has 0 unspecified atom stereocenters. The summed E-state index contributed by atoms with van der Waals surface area (Å²) in [6.45, 7) is 0.207. The van der Waals surface area contributed by atoms with Crippen LogP contribution in [0.25, 0.3) is 11.4 Å². The first-order chi connectivity index (χ1) is 13.5.